The van der Waals surface area contributed by atoms with E-state index >= 15 is 0 Å². The van der Waals surface area contributed by atoms with Gasteiger partial charge in [-0.05, 0) is 66.8 Å². The van der Waals surface area contributed by atoms with Crippen molar-refractivity contribution in [3.8, 4) is 0 Å². The number of fused-ring (bicyclic) bond motifs is 1. The average molecular weight is 501 g/mol. The molecule has 0 saturated carbocycles. The molecule has 0 spiro atoms. The molecule has 33 heavy (non-hydrogen) atoms. The van der Waals surface area contributed by atoms with Crippen LogP contribution in [0.4, 0.5) is 0 Å². The van der Waals surface area contributed by atoms with E-state index in [-0.39, 0.29) is 15.8 Å². The second kappa shape index (κ2) is 9.43. The van der Waals surface area contributed by atoms with Crippen LogP contribution in [-0.2, 0) is 16.6 Å². The Morgan fingerprint density at radius 1 is 1.03 bits per heavy atom. The first-order valence-electron chi connectivity index (χ1n) is 10.7. The van der Waals surface area contributed by atoms with E-state index < -0.39 is 10.0 Å². The van der Waals surface area contributed by atoms with Crippen molar-refractivity contribution in [2.24, 2.45) is 0 Å². The van der Waals surface area contributed by atoms with E-state index in [1.165, 1.54) is 0 Å². The highest BCUT2D eigenvalue weighted by Gasteiger charge is 2.22. The summed E-state index contributed by atoms with van der Waals surface area (Å²) in [5, 5.41) is 0.587. The quantitative estimate of drug-likeness (QED) is 0.348. The highest BCUT2D eigenvalue weighted by molar-refractivity contribution is 7.89. The Bertz CT molecular complexity index is 1490. The van der Waals surface area contributed by atoms with Gasteiger partial charge >= 0.3 is 4.87 Å². The number of hydrogen-bond acceptors (Lipinski definition) is 4. The van der Waals surface area contributed by atoms with Crippen LogP contribution in [0.2, 0.25) is 5.02 Å². The molecule has 5 nitrogen and oxygen atoms in total. The molecule has 1 aromatic heterocycles. The standard InChI is InChI=1S/C25H25ClN2O3S2/c1-4-22(18-10-9-16(2)17(3)13-18)27-33(30,31)20-11-12-23-24(14-20)32-25(29)28(23)15-19-7-5-6-8-21(19)26/h5-14,22,27H,4,15H2,1-3H3. The molecule has 172 valence electrons. The van der Waals surface area contributed by atoms with Crippen molar-refractivity contribution in [3.63, 3.8) is 0 Å². The van der Waals surface area contributed by atoms with Crippen LogP contribution in [0.25, 0.3) is 10.2 Å². The fourth-order valence-electron chi connectivity index (χ4n) is 3.78. The third-order valence-electron chi connectivity index (χ3n) is 5.88. The van der Waals surface area contributed by atoms with Gasteiger partial charge in [-0.1, -0.05) is 66.3 Å². The lowest BCUT2D eigenvalue weighted by molar-refractivity contribution is 0.550. The minimum Gasteiger partial charge on any atom is -0.294 e. The summed E-state index contributed by atoms with van der Waals surface area (Å²) in [4.78, 5) is 12.6. The number of aryl methyl sites for hydroxylation is 2. The van der Waals surface area contributed by atoms with Crippen molar-refractivity contribution >= 4 is 43.2 Å². The molecular formula is C25H25ClN2O3S2. The van der Waals surface area contributed by atoms with E-state index in [0.717, 1.165) is 33.6 Å². The number of nitrogens with one attached hydrogen (secondary N) is 1. The van der Waals surface area contributed by atoms with E-state index in [1.54, 1.807) is 28.8 Å². The number of hydrogen-bond donors (Lipinski definition) is 1. The average Bonchev–Trinajstić information content (AvgIpc) is 3.10. The lowest BCUT2D eigenvalue weighted by Crippen LogP contribution is -2.28. The van der Waals surface area contributed by atoms with Gasteiger partial charge < -0.3 is 0 Å². The van der Waals surface area contributed by atoms with Gasteiger partial charge in [-0.25, -0.2) is 13.1 Å². The Hall–Kier alpha value is -2.45. The number of nitrogens with zero attached hydrogens (tertiary/aromatic N) is 1. The van der Waals surface area contributed by atoms with Crippen LogP contribution in [-0.4, -0.2) is 13.0 Å². The number of sulfonamides is 1. The van der Waals surface area contributed by atoms with Crippen LogP contribution < -0.4 is 9.60 Å². The zero-order chi connectivity index (χ0) is 23.8. The number of aromatic nitrogens is 1. The molecule has 0 radical (unpaired) electrons. The maximum Gasteiger partial charge on any atom is 0.308 e. The van der Waals surface area contributed by atoms with E-state index in [4.69, 9.17) is 11.6 Å². The molecule has 0 amide bonds. The van der Waals surface area contributed by atoms with Crippen molar-refractivity contribution < 1.29 is 8.42 Å². The van der Waals surface area contributed by atoms with E-state index in [0.29, 0.717) is 28.2 Å². The Morgan fingerprint density at radius 3 is 2.48 bits per heavy atom. The molecular weight excluding hydrogens is 476 g/mol. The highest BCUT2D eigenvalue weighted by atomic mass is 35.5. The van der Waals surface area contributed by atoms with Crippen LogP contribution in [0.1, 0.15) is 41.6 Å². The highest BCUT2D eigenvalue weighted by Crippen LogP contribution is 2.26. The van der Waals surface area contributed by atoms with Crippen LogP contribution >= 0.6 is 22.9 Å². The summed E-state index contributed by atoms with van der Waals surface area (Å²) in [6, 6.07) is 17.8. The van der Waals surface area contributed by atoms with Crippen LogP contribution in [0.15, 0.2) is 70.4 Å². The van der Waals surface area contributed by atoms with E-state index in [1.807, 2.05) is 57.2 Å². The molecule has 4 rings (SSSR count). The molecule has 8 heteroatoms. The van der Waals surface area contributed by atoms with Gasteiger partial charge in [0.25, 0.3) is 0 Å². The van der Waals surface area contributed by atoms with Gasteiger partial charge in [0.15, 0.2) is 0 Å². The monoisotopic (exact) mass is 500 g/mol. The number of rotatable bonds is 7. The fourth-order valence-corrected chi connectivity index (χ4v) is 6.32. The molecule has 0 fully saturated rings. The zero-order valence-corrected chi connectivity index (χ0v) is 21.0. The minimum atomic E-state index is -3.78. The minimum absolute atomic E-state index is 0.142. The van der Waals surface area contributed by atoms with Crippen LogP contribution in [0.3, 0.4) is 0 Å². The predicted molar refractivity (Wildman–Crippen MR) is 136 cm³/mol. The summed E-state index contributed by atoms with van der Waals surface area (Å²) < 4.78 is 31.4. The summed E-state index contributed by atoms with van der Waals surface area (Å²) >= 11 is 7.29. The van der Waals surface area contributed by atoms with Crippen LogP contribution in [0.5, 0.6) is 0 Å². The Morgan fingerprint density at radius 2 is 1.79 bits per heavy atom. The number of halogens is 1. The van der Waals surface area contributed by atoms with Crippen LogP contribution in [0, 0.1) is 13.8 Å². The smallest absolute Gasteiger partial charge is 0.294 e. The second-order valence-corrected chi connectivity index (χ2v) is 11.2. The first-order valence-corrected chi connectivity index (χ1v) is 13.3. The third kappa shape index (κ3) is 4.92. The molecule has 1 unspecified atom stereocenters. The van der Waals surface area contributed by atoms with Crippen molar-refractivity contribution in [1.29, 1.82) is 0 Å². The molecule has 0 aliphatic heterocycles. The summed E-state index contributed by atoms with van der Waals surface area (Å²) in [6.07, 6.45) is 0.617. The Balaban J connectivity index is 1.65. The first kappa shape index (κ1) is 23.7. The van der Waals surface area contributed by atoms with Gasteiger partial charge in [-0.15, -0.1) is 0 Å². The predicted octanol–water partition coefficient (Wildman–Crippen LogP) is 5.81. The van der Waals surface area contributed by atoms with Gasteiger partial charge in [0.2, 0.25) is 10.0 Å². The lowest BCUT2D eigenvalue weighted by atomic mass is 10.0. The molecule has 0 bridgehead atoms. The van der Waals surface area contributed by atoms with E-state index in [9.17, 15) is 13.2 Å². The third-order valence-corrected chi connectivity index (χ3v) is 8.66. The maximum absolute atomic E-state index is 13.2. The molecule has 0 saturated heterocycles. The normalized spacial score (nSPS) is 12.8. The van der Waals surface area contributed by atoms with Gasteiger partial charge in [0.05, 0.1) is 21.7 Å². The molecule has 1 N–H and O–H groups in total. The number of benzene rings is 3. The van der Waals surface area contributed by atoms with Crippen molar-refractivity contribution in [3.05, 3.63) is 97.6 Å². The molecule has 1 heterocycles. The second-order valence-electron chi connectivity index (χ2n) is 8.10. The van der Waals surface area contributed by atoms with Gasteiger partial charge in [-0.3, -0.25) is 9.36 Å². The fraction of sp³-hybridized carbons (Fsp3) is 0.240. The topological polar surface area (TPSA) is 68.2 Å². The molecule has 0 aliphatic carbocycles. The molecule has 4 aromatic rings. The first-order chi connectivity index (χ1) is 15.7. The van der Waals surface area contributed by atoms with Gasteiger partial charge in [0, 0.05) is 11.1 Å². The lowest BCUT2D eigenvalue weighted by Gasteiger charge is -2.19. The number of thiazole rings is 1. The summed E-state index contributed by atoms with van der Waals surface area (Å²) in [5.41, 5.74) is 4.73. The molecule has 0 aliphatic rings. The Labute approximate surface area is 202 Å². The zero-order valence-electron chi connectivity index (χ0n) is 18.6. The molecule has 3 aromatic carbocycles. The van der Waals surface area contributed by atoms with E-state index in [2.05, 4.69) is 4.72 Å². The summed E-state index contributed by atoms with van der Waals surface area (Å²) in [7, 11) is -3.78. The van der Waals surface area contributed by atoms with Crippen molar-refractivity contribution in [2.45, 2.75) is 44.7 Å². The SMILES string of the molecule is CCC(NS(=O)(=O)c1ccc2c(c1)sc(=O)n2Cc1ccccc1Cl)c1ccc(C)c(C)c1. The van der Waals surface area contributed by atoms with Gasteiger partial charge in [0.1, 0.15) is 0 Å². The maximum atomic E-state index is 13.2. The van der Waals surface area contributed by atoms with Gasteiger partial charge in [-0.2, -0.15) is 0 Å². The summed E-state index contributed by atoms with van der Waals surface area (Å²) in [5.74, 6) is 0. The van der Waals surface area contributed by atoms with Crippen molar-refractivity contribution in [2.75, 3.05) is 0 Å². The largest absolute Gasteiger partial charge is 0.308 e. The Kier molecular flexibility index (Phi) is 6.77. The summed E-state index contributed by atoms with van der Waals surface area (Å²) in [6.45, 7) is 6.33. The molecule has 1 atom stereocenters. The van der Waals surface area contributed by atoms with Crippen molar-refractivity contribution in [1.82, 2.24) is 9.29 Å².